The van der Waals surface area contributed by atoms with Gasteiger partial charge in [-0.3, -0.25) is 4.79 Å². The quantitative estimate of drug-likeness (QED) is 0.0605. The fourth-order valence-corrected chi connectivity index (χ4v) is 11.9. The van der Waals surface area contributed by atoms with Gasteiger partial charge in [-0.15, -0.1) is 22.7 Å². The maximum Gasteiger partial charge on any atom is 0.195 e. The average molecular weight is 1320 g/mol. The van der Waals surface area contributed by atoms with Gasteiger partial charge in [0.25, 0.3) is 0 Å². The van der Waals surface area contributed by atoms with Gasteiger partial charge in [0, 0.05) is 86.1 Å². The van der Waals surface area contributed by atoms with Crippen LogP contribution in [0.15, 0.2) is 60.7 Å². The van der Waals surface area contributed by atoms with Gasteiger partial charge in [0.1, 0.15) is 33.2 Å². The summed E-state index contributed by atoms with van der Waals surface area (Å²) in [4.78, 5) is 27.3. The number of aromatic nitrogens is 2. The number of halogens is 11. The molecule has 3 heterocycles. The van der Waals surface area contributed by atoms with Gasteiger partial charge >= 0.3 is 0 Å². The van der Waals surface area contributed by atoms with Gasteiger partial charge in [-0.05, 0) is 119 Å². The number of ether oxygens (including phenoxy) is 2. The lowest BCUT2D eigenvalue weighted by Gasteiger charge is -2.20. The highest BCUT2D eigenvalue weighted by atomic mass is 32.1. The van der Waals surface area contributed by atoms with E-state index in [0.717, 1.165) is 78.6 Å². The molecule has 0 spiro atoms. The third-order valence-corrected chi connectivity index (χ3v) is 16.9. The first kappa shape index (κ1) is 71.3. The van der Waals surface area contributed by atoms with Crippen LogP contribution in [0, 0.1) is 86.7 Å². The first-order valence-electron chi connectivity index (χ1n) is 27.9. The second-order valence-electron chi connectivity index (χ2n) is 21.3. The zero-order valence-corrected chi connectivity index (χ0v) is 52.8. The summed E-state index contributed by atoms with van der Waals surface area (Å²) in [6, 6.07) is 16.3. The van der Waals surface area contributed by atoms with E-state index in [-0.39, 0.29) is 62.2 Å². The molecule has 2 aromatic heterocycles. The molecule has 1 saturated heterocycles. The van der Waals surface area contributed by atoms with Crippen molar-refractivity contribution in [3.05, 3.63) is 162 Å². The molecule has 480 valence electrons. The minimum atomic E-state index is -1.61. The summed E-state index contributed by atoms with van der Waals surface area (Å²) in [6.45, 7) is 2.60. The number of carbonyl (C=O) groups is 1. The molecule has 4 aliphatic rings. The molecular weight excluding hydrogens is 1250 g/mol. The molecule has 1 saturated carbocycles. The van der Waals surface area contributed by atoms with E-state index in [4.69, 9.17) is 25.7 Å². The molecule has 7 aromatic rings. The highest BCUT2D eigenvalue weighted by Crippen LogP contribution is 2.43. The molecular formula is C63H64F11N9O4S3. The Balaban J connectivity index is 0.000000178. The van der Waals surface area contributed by atoms with Crippen molar-refractivity contribution in [1.29, 1.82) is 10.5 Å². The second-order valence-corrected chi connectivity index (χ2v) is 23.8. The van der Waals surface area contributed by atoms with Crippen molar-refractivity contribution in [3.8, 4) is 33.3 Å². The predicted molar refractivity (Wildman–Crippen MR) is 329 cm³/mol. The molecule has 4 unspecified atom stereocenters. The summed E-state index contributed by atoms with van der Waals surface area (Å²) in [7, 11) is 13.1. The number of benzene rings is 5. The number of nitrogens with zero attached hydrogens (tertiary/aromatic N) is 8. The number of carbonyl (C=O) groups excluding carboxylic acids is 1. The number of anilines is 4. The van der Waals surface area contributed by atoms with Crippen molar-refractivity contribution >= 4 is 68.4 Å². The second kappa shape index (κ2) is 31.8. The van der Waals surface area contributed by atoms with E-state index in [1.807, 2.05) is 6.92 Å². The van der Waals surface area contributed by atoms with Crippen LogP contribution in [0.2, 0.25) is 0 Å². The number of ketones is 1. The van der Waals surface area contributed by atoms with Crippen LogP contribution in [0.1, 0.15) is 102 Å². The number of fused-ring (bicyclic) bond motifs is 3. The van der Waals surface area contributed by atoms with Crippen molar-refractivity contribution in [1.82, 2.24) is 9.97 Å². The minimum absolute atomic E-state index is 0.0312. The maximum atomic E-state index is 14.5. The van der Waals surface area contributed by atoms with E-state index in [0.29, 0.717) is 41.0 Å². The molecule has 3 aliphatic carbocycles. The van der Waals surface area contributed by atoms with Crippen LogP contribution in [0.4, 0.5) is 71.0 Å². The SMILES string of the molecule is CCOC1CCCc2nc(-c3ccc(N(C)C)c(F)c3F)sc21.CN(C)c1ccc(-c2nc3c(s2)C(O)CCC3)c(F)c1F.CN(C)c1ccc(C#N)c(F)c1F.CN(C)c1ccc(C(N)=S)c(F)c1F.N#Cc1ccc(F)c(F)c1F.O=C1CCCC2OC12. The van der Waals surface area contributed by atoms with Crippen molar-refractivity contribution in [2.45, 2.75) is 89.1 Å². The highest BCUT2D eigenvalue weighted by Gasteiger charge is 2.46. The summed E-state index contributed by atoms with van der Waals surface area (Å²) in [6.07, 6.45) is 7.95. The van der Waals surface area contributed by atoms with E-state index in [1.54, 1.807) is 91.6 Å². The van der Waals surface area contributed by atoms with E-state index in [2.05, 4.69) is 22.2 Å². The Morgan fingerprint density at radius 3 is 1.47 bits per heavy atom. The molecule has 5 aromatic carbocycles. The normalized spacial score (nSPS) is 16.5. The fraction of sp³-hybridized carbons (Fsp3) is 0.365. The Labute approximate surface area is 527 Å². The Morgan fingerprint density at radius 1 is 0.589 bits per heavy atom. The molecule has 27 heteroatoms. The van der Waals surface area contributed by atoms with E-state index in [9.17, 15) is 58.2 Å². The first-order valence-corrected chi connectivity index (χ1v) is 29.9. The molecule has 3 N–H and O–H groups in total. The van der Waals surface area contributed by atoms with Gasteiger partial charge in [-0.2, -0.15) is 10.5 Å². The number of nitriles is 2. The number of thiazole rings is 2. The number of hydrogen-bond acceptors (Lipinski definition) is 15. The smallest absolute Gasteiger partial charge is 0.195 e. The monoisotopic (exact) mass is 1320 g/mol. The summed E-state index contributed by atoms with van der Waals surface area (Å²) in [5.41, 5.74) is 7.29. The number of epoxide rings is 1. The van der Waals surface area contributed by atoms with Crippen LogP contribution in [-0.4, -0.2) is 101 Å². The Hall–Kier alpha value is -7.79. The fourth-order valence-electron chi connectivity index (χ4n) is 9.39. The number of aryl methyl sites for hydroxylation is 2. The first-order chi connectivity index (χ1) is 42.6. The van der Waals surface area contributed by atoms with Crippen LogP contribution < -0.4 is 25.3 Å². The third-order valence-electron chi connectivity index (χ3n) is 14.2. The summed E-state index contributed by atoms with van der Waals surface area (Å²) in [5.74, 6) is -11.4. The van der Waals surface area contributed by atoms with Gasteiger partial charge in [0.15, 0.2) is 69.8 Å². The molecule has 90 heavy (non-hydrogen) atoms. The van der Waals surface area contributed by atoms with Crippen molar-refractivity contribution in [2.75, 3.05) is 82.6 Å². The topological polar surface area (TPSA) is 171 Å². The van der Waals surface area contributed by atoms with E-state index >= 15 is 0 Å². The number of Topliss-reactive ketones (excluding diaryl/α,β-unsaturated/α-hetero) is 1. The van der Waals surface area contributed by atoms with Gasteiger partial charge < -0.3 is 39.9 Å². The van der Waals surface area contributed by atoms with Crippen molar-refractivity contribution < 1.29 is 67.7 Å². The third kappa shape index (κ3) is 17.0. The summed E-state index contributed by atoms with van der Waals surface area (Å²) < 4.78 is 157. The van der Waals surface area contributed by atoms with Gasteiger partial charge in [-0.25, -0.2) is 58.3 Å². The van der Waals surface area contributed by atoms with E-state index < -0.39 is 75.7 Å². The van der Waals surface area contributed by atoms with Crippen LogP contribution in [0.3, 0.4) is 0 Å². The zero-order chi connectivity index (χ0) is 66.6. The van der Waals surface area contributed by atoms with Gasteiger partial charge in [0.05, 0.1) is 73.3 Å². The molecule has 1 aliphatic heterocycles. The van der Waals surface area contributed by atoms with Gasteiger partial charge in [0.2, 0.25) is 0 Å². The molecule has 11 rings (SSSR count). The van der Waals surface area contributed by atoms with Crippen molar-refractivity contribution in [3.63, 3.8) is 0 Å². The lowest BCUT2D eigenvalue weighted by molar-refractivity contribution is -0.120. The number of hydrogen-bond donors (Lipinski definition) is 2. The van der Waals surface area contributed by atoms with Crippen LogP contribution in [0.5, 0.6) is 0 Å². The molecule has 2 fully saturated rings. The molecule has 13 nitrogen and oxygen atoms in total. The average Bonchev–Trinajstić information content (AvgIpc) is 1.64. The standard InChI is InChI=1S/C17H20F2N2OS.C15H16F2N2OS.C9H10F2N2S.C9H8F2N2.C7H2F3N.C6H8O2/c1-4-22-13-7-5-6-11-16(13)23-17(20-11)10-8-9-12(21(2)3)15(19)14(10)18;1-19(2)10-7-6-8(12(16)13(10)17)15-18-9-4-3-5-11(20)14(9)21-15;1-13(2)6-4-3-5(9(12)14)7(10)8(6)11;1-13(2)7-4-3-6(5-12)8(10)9(7)11;8-5-2-1-4(3-11)6(9)7(5)10;7-4-2-1-3-5-6(4)8-5/h8-9,13H,4-7H2,1-3H3;6-7,11,20H,3-5H2,1-2H3;3-4H,1-2H3,(H2,12,14);3-4H,1-2H3;1-2H;5-6H,1-3H2. The Bertz CT molecular complexity index is 3820. The number of aliphatic hydroxyl groups is 1. The summed E-state index contributed by atoms with van der Waals surface area (Å²) >= 11 is 7.25. The molecule has 0 amide bonds. The largest absolute Gasteiger partial charge is 0.389 e. The number of rotatable bonds is 9. The van der Waals surface area contributed by atoms with Crippen molar-refractivity contribution in [2.24, 2.45) is 5.73 Å². The Morgan fingerprint density at radius 2 is 1.01 bits per heavy atom. The van der Waals surface area contributed by atoms with Crippen LogP contribution in [-0.2, 0) is 27.1 Å². The number of nitrogens with two attached hydrogens (primary N) is 1. The molecule has 0 bridgehead atoms. The summed E-state index contributed by atoms with van der Waals surface area (Å²) in [5, 5.41) is 27.5. The molecule has 0 radical (unpaired) electrons. The lowest BCUT2D eigenvalue weighted by Crippen LogP contribution is -2.16. The minimum Gasteiger partial charge on any atom is -0.389 e. The highest BCUT2D eigenvalue weighted by molar-refractivity contribution is 7.80. The van der Waals surface area contributed by atoms with Gasteiger partial charge in [-0.1, -0.05) is 12.2 Å². The Kier molecular flexibility index (Phi) is 25.2. The van der Waals surface area contributed by atoms with Crippen LogP contribution >= 0.6 is 34.9 Å². The number of aliphatic hydroxyl groups excluding tert-OH is 1. The van der Waals surface area contributed by atoms with Crippen LogP contribution in [0.25, 0.3) is 21.1 Å². The zero-order valence-electron chi connectivity index (χ0n) is 50.4. The van der Waals surface area contributed by atoms with E-state index in [1.165, 1.54) is 67.7 Å². The maximum absolute atomic E-state index is 14.5. The predicted octanol–water partition coefficient (Wildman–Crippen LogP) is 14.1. The molecule has 4 atom stereocenters. The lowest BCUT2D eigenvalue weighted by atomic mass is 10.00. The number of thiocarbonyl (C=S) groups is 1.